The van der Waals surface area contributed by atoms with E-state index in [0.29, 0.717) is 17.2 Å². The maximum absolute atomic E-state index is 12.6. The number of rotatable bonds is 6. The molecule has 3 rings (SSSR count). The minimum Gasteiger partial charge on any atom is -0.493 e. The quantitative estimate of drug-likeness (QED) is 0.695. The summed E-state index contributed by atoms with van der Waals surface area (Å²) in [6, 6.07) is 15.1. The standard InChI is InChI=1S/C21H23N3O3/c1-13-10-19(26-3)20(27-4)11-16(13)14(2)22-21(25)18-12-17(23-24-18)15-8-6-5-7-9-15/h5-12,14H,1-4H3,(H,22,25)(H,23,24). The van der Waals surface area contributed by atoms with Crippen LogP contribution in [0.25, 0.3) is 11.3 Å². The molecule has 0 saturated heterocycles. The molecule has 2 aromatic carbocycles. The number of carbonyl (C=O) groups excluding carboxylic acids is 1. The number of hydrogen-bond donors (Lipinski definition) is 2. The van der Waals surface area contributed by atoms with E-state index < -0.39 is 0 Å². The Labute approximate surface area is 158 Å². The first-order valence-electron chi connectivity index (χ1n) is 8.67. The highest BCUT2D eigenvalue weighted by atomic mass is 16.5. The van der Waals surface area contributed by atoms with Gasteiger partial charge in [-0.15, -0.1) is 0 Å². The highest BCUT2D eigenvalue weighted by Gasteiger charge is 2.18. The third-order valence-corrected chi connectivity index (χ3v) is 4.48. The van der Waals surface area contributed by atoms with E-state index in [1.165, 1.54) is 0 Å². The summed E-state index contributed by atoms with van der Waals surface area (Å²) in [6.07, 6.45) is 0. The number of aryl methyl sites for hydroxylation is 1. The number of H-pyrrole nitrogens is 1. The first-order chi connectivity index (χ1) is 13.0. The summed E-state index contributed by atoms with van der Waals surface area (Å²) >= 11 is 0. The topological polar surface area (TPSA) is 76.2 Å². The van der Waals surface area contributed by atoms with E-state index in [2.05, 4.69) is 15.5 Å². The van der Waals surface area contributed by atoms with Crippen molar-refractivity contribution in [1.82, 2.24) is 15.5 Å². The van der Waals surface area contributed by atoms with Crippen molar-refractivity contribution in [3.05, 3.63) is 65.4 Å². The molecule has 0 radical (unpaired) electrons. The number of aromatic nitrogens is 2. The zero-order chi connectivity index (χ0) is 19.4. The molecule has 0 bridgehead atoms. The third-order valence-electron chi connectivity index (χ3n) is 4.48. The predicted octanol–water partition coefficient (Wildman–Crippen LogP) is 3.89. The van der Waals surface area contributed by atoms with Crippen molar-refractivity contribution in [2.45, 2.75) is 19.9 Å². The van der Waals surface area contributed by atoms with E-state index in [0.717, 1.165) is 22.4 Å². The molecule has 0 aliphatic rings. The lowest BCUT2D eigenvalue weighted by atomic mass is 10.0. The lowest BCUT2D eigenvalue weighted by molar-refractivity contribution is 0.0934. The van der Waals surface area contributed by atoms with Gasteiger partial charge in [-0.25, -0.2) is 0 Å². The smallest absolute Gasteiger partial charge is 0.269 e. The number of nitrogens with one attached hydrogen (secondary N) is 2. The normalized spacial score (nSPS) is 11.7. The molecule has 1 aromatic heterocycles. The van der Waals surface area contributed by atoms with Crippen LogP contribution in [-0.4, -0.2) is 30.3 Å². The summed E-state index contributed by atoms with van der Waals surface area (Å²) in [5.74, 6) is 1.08. The van der Waals surface area contributed by atoms with Crippen molar-refractivity contribution in [2.75, 3.05) is 14.2 Å². The SMILES string of the molecule is COc1cc(C)c(C(C)NC(=O)c2cc(-c3ccccc3)n[nH]2)cc1OC. The van der Waals surface area contributed by atoms with Crippen molar-refractivity contribution >= 4 is 5.91 Å². The Bertz CT molecular complexity index is 935. The zero-order valence-electron chi connectivity index (χ0n) is 15.9. The largest absolute Gasteiger partial charge is 0.493 e. The van der Waals surface area contributed by atoms with Gasteiger partial charge in [-0.05, 0) is 43.2 Å². The number of benzene rings is 2. The number of ether oxygens (including phenoxy) is 2. The van der Waals surface area contributed by atoms with E-state index in [1.54, 1.807) is 20.3 Å². The van der Waals surface area contributed by atoms with E-state index >= 15 is 0 Å². The molecule has 6 heteroatoms. The summed E-state index contributed by atoms with van der Waals surface area (Å²) in [4.78, 5) is 12.6. The molecule has 3 aromatic rings. The van der Waals surface area contributed by atoms with Crippen molar-refractivity contribution in [3.63, 3.8) is 0 Å². The van der Waals surface area contributed by atoms with Crippen LogP contribution in [0, 0.1) is 6.92 Å². The fraction of sp³-hybridized carbons (Fsp3) is 0.238. The molecule has 140 valence electrons. The van der Waals surface area contributed by atoms with Crippen LogP contribution in [0.2, 0.25) is 0 Å². The van der Waals surface area contributed by atoms with Gasteiger partial charge >= 0.3 is 0 Å². The van der Waals surface area contributed by atoms with Crippen molar-refractivity contribution < 1.29 is 14.3 Å². The summed E-state index contributed by atoms with van der Waals surface area (Å²) in [5.41, 5.74) is 4.07. The molecule has 0 spiro atoms. The van der Waals surface area contributed by atoms with E-state index in [-0.39, 0.29) is 11.9 Å². The third kappa shape index (κ3) is 3.95. The van der Waals surface area contributed by atoms with Gasteiger partial charge in [-0.1, -0.05) is 30.3 Å². The molecule has 6 nitrogen and oxygen atoms in total. The second kappa shape index (κ2) is 7.95. The number of amides is 1. The Morgan fingerprint density at radius 1 is 1.07 bits per heavy atom. The average molecular weight is 365 g/mol. The van der Waals surface area contributed by atoms with Crippen LogP contribution in [0.5, 0.6) is 11.5 Å². The maximum Gasteiger partial charge on any atom is 0.269 e. The highest BCUT2D eigenvalue weighted by molar-refractivity contribution is 5.93. The van der Waals surface area contributed by atoms with E-state index in [1.807, 2.05) is 56.3 Å². The number of aromatic amines is 1. The van der Waals surface area contributed by atoms with Gasteiger partial charge in [0.05, 0.1) is 26.0 Å². The first kappa shape index (κ1) is 18.5. The van der Waals surface area contributed by atoms with E-state index in [4.69, 9.17) is 9.47 Å². The average Bonchev–Trinajstić information content (AvgIpc) is 3.18. The summed E-state index contributed by atoms with van der Waals surface area (Å²) in [7, 11) is 3.20. The Hall–Kier alpha value is -3.28. The van der Waals surface area contributed by atoms with Crippen molar-refractivity contribution in [1.29, 1.82) is 0 Å². The molecule has 0 aliphatic heterocycles. The van der Waals surface area contributed by atoms with Gasteiger partial charge < -0.3 is 14.8 Å². The monoisotopic (exact) mass is 365 g/mol. The van der Waals surface area contributed by atoms with Crippen LogP contribution >= 0.6 is 0 Å². The van der Waals surface area contributed by atoms with Crippen LogP contribution in [-0.2, 0) is 0 Å². The van der Waals surface area contributed by atoms with Crippen LogP contribution in [0.4, 0.5) is 0 Å². The lowest BCUT2D eigenvalue weighted by Gasteiger charge is -2.18. The zero-order valence-corrected chi connectivity index (χ0v) is 15.9. The minimum absolute atomic E-state index is 0.208. The van der Waals surface area contributed by atoms with Crippen molar-refractivity contribution in [3.8, 4) is 22.8 Å². The van der Waals surface area contributed by atoms with Crippen molar-refractivity contribution in [2.24, 2.45) is 0 Å². The van der Waals surface area contributed by atoms with Gasteiger partial charge in [0.1, 0.15) is 5.69 Å². The number of methoxy groups -OCH3 is 2. The van der Waals surface area contributed by atoms with Gasteiger partial charge in [0, 0.05) is 5.56 Å². The Balaban J connectivity index is 1.77. The van der Waals surface area contributed by atoms with Gasteiger partial charge in [0.15, 0.2) is 11.5 Å². The van der Waals surface area contributed by atoms with Gasteiger partial charge in [0.25, 0.3) is 5.91 Å². The van der Waals surface area contributed by atoms with Crippen LogP contribution in [0.1, 0.15) is 34.6 Å². The summed E-state index contributed by atoms with van der Waals surface area (Å²) in [5, 5.41) is 10.0. The van der Waals surface area contributed by atoms with Gasteiger partial charge in [-0.2, -0.15) is 5.10 Å². The molecule has 0 fully saturated rings. The minimum atomic E-state index is -0.216. The van der Waals surface area contributed by atoms with Gasteiger partial charge in [-0.3, -0.25) is 9.89 Å². The highest BCUT2D eigenvalue weighted by Crippen LogP contribution is 2.33. The second-order valence-electron chi connectivity index (χ2n) is 6.29. The lowest BCUT2D eigenvalue weighted by Crippen LogP contribution is -2.27. The summed E-state index contributed by atoms with van der Waals surface area (Å²) in [6.45, 7) is 3.91. The van der Waals surface area contributed by atoms with Crippen LogP contribution in [0.15, 0.2) is 48.5 Å². The maximum atomic E-state index is 12.6. The van der Waals surface area contributed by atoms with Crippen LogP contribution in [0.3, 0.4) is 0 Å². The summed E-state index contributed by atoms with van der Waals surface area (Å²) < 4.78 is 10.7. The fourth-order valence-corrected chi connectivity index (χ4v) is 3.01. The van der Waals surface area contributed by atoms with Gasteiger partial charge in [0.2, 0.25) is 0 Å². The molecule has 1 heterocycles. The molecule has 0 aliphatic carbocycles. The number of nitrogens with zero attached hydrogens (tertiary/aromatic N) is 1. The molecule has 27 heavy (non-hydrogen) atoms. The molecule has 1 amide bonds. The molecule has 1 unspecified atom stereocenters. The Morgan fingerprint density at radius 2 is 1.74 bits per heavy atom. The fourth-order valence-electron chi connectivity index (χ4n) is 3.01. The molecule has 1 atom stereocenters. The first-order valence-corrected chi connectivity index (χ1v) is 8.67. The number of carbonyl (C=O) groups is 1. The Morgan fingerprint density at radius 3 is 2.41 bits per heavy atom. The number of hydrogen-bond acceptors (Lipinski definition) is 4. The van der Waals surface area contributed by atoms with E-state index in [9.17, 15) is 4.79 Å². The second-order valence-corrected chi connectivity index (χ2v) is 6.29. The molecular formula is C21H23N3O3. The molecular weight excluding hydrogens is 342 g/mol. The molecule has 2 N–H and O–H groups in total. The molecule has 0 saturated carbocycles. The van der Waals surface area contributed by atoms with Crippen LogP contribution < -0.4 is 14.8 Å². The Kier molecular flexibility index (Phi) is 5.45. The predicted molar refractivity (Wildman–Crippen MR) is 104 cm³/mol.